The quantitative estimate of drug-likeness (QED) is 0.597. The fourth-order valence-corrected chi connectivity index (χ4v) is 6.16. The van der Waals surface area contributed by atoms with Crippen LogP contribution in [0, 0.1) is 5.82 Å². The number of carbonyl (C=O) groups excluding carboxylic acids is 3. The monoisotopic (exact) mass is 496 g/mol. The van der Waals surface area contributed by atoms with Crippen LogP contribution in [-0.2, 0) is 20.7 Å². The van der Waals surface area contributed by atoms with Gasteiger partial charge in [0, 0.05) is 41.6 Å². The van der Waals surface area contributed by atoms with Gasteiger partial charge in [-0.15, -0.1) is 11.8 Å². The van der Waals surface area contributed by atoms with E-state index in [0.717, 1.165) is 16.1 Å². The number of fused-ring (bicyclic) bond motifs is 1. The molecule has 1 saturated heterocycles. The number of carbonyl (C=O) groups is 3. The van der Waals surface area contributed by atoms with Gasteiger partial charge in [0.15, 0.2) is 0 Å². The van der Waals surface area contributed by atoms with Crippen molar-refractivity contribution in [2.75, 3.05) is 47.0 Å². The van der Waals surface area contributed by atoms with Crippen molar-refractivity contribution in [3.63, 3.8) is 0 Å². The average molecular weight is 497 g/mol. The number of aryl methyl sites for hydroxylation is 1. The molecule has 0 aliphatic carbocycles. The predicted molar refractivity (Wildman–Crippen MR) is 131 cm³/mol. The molecule has 2 aromatic rings. The number of rotatable bonds is 6. The van der Waals surface area contributed by atoms with Gasteiger partial charge >= 0.3 is 6.09 Å². The van der Waals surface area contributed by atoms with Crippen molar-refractivity contribution in [1.82, 2.24) is 5.32 Å². The fourth-order valence-electron chi connectivity index (χ4n) is 5.37. The van der Waals surface area contributed by atoms with E-state index in [1.165, 1.54) is 17.8 Å². The van der Waals surface area contributed by atoms with E-state index in [2.05, 4.69) is 10.6 Å². The first-order valence-corrected chi connectivity index (χ1v) is 12.8. The Balaban J connectivity index is 1.05. The molecule has 2 aromatic carbocycles. The predicted octanol–water partition coefficient (Wildman–Crippen LogP) is 3.25. The number of hydrogen-bond donors (Lipinski definition) is 2. The van der Waals surface area contributed by atoms with Gasteiger partial charge in [-0.3, -0.25) is 14.5 Å². The zero-order valence-electron chi connectivity index (χ0n) is 19.0. The molecule has 4 heterocycles. The molecule has 0 unspecified atom stereocenters. The standard InChI is InChI=1S/C25H25FN4O4S/c26-18-4-1-14-2-6-22(32)30-11-15(23(18)24(14)30)10-27-8-7-17-12-29(25(33)34-17)16-3-5-20-19(9-16)28-21(31)13-35-20/h1,3-5,9,15,17,27H,2,6-8,10-13H2,(H,28,31)/t15-,17-/m0/s1. The van der Waals surface area contributed by atoms with Crippen LogP contribution in [0.1, 0.15) is 29.9 Å². The number of amides is 3. The van der Waals surface area contributed by atoms with Crippen LogP contribution in [-0.4, -0.2) is 55.9 Å². The van der Waals surface area contributed by atoms with Crippen LogP contribution in [0.15, 0.2) is 35.2 Å². The number of anilines is 3. The van der Waals surface area contributed by atoms with Gasteiger partial charge in [0.25, 0.3) is 0 Å². The molecule has 0 spiro atoms. The van der Waals surface area contributed by atoms with Crippen molar-refractivity contribution in [1.29, 1.82) is 0 Å². The summed E-state index contributed by atoms with van der Waals surface area (Å²) >= 11 is 1.48. The molecule has 2 N–H and O–H groups in total. The lowest BCUT2D eigenvalue weighted by atomic mass is 9.95. The molecule has 0 bridgehead atoms. The molecule has 0 saturated carbocycles. The van der Waals surface area contributed by atoms with Crippen molar-refractivity contribution in [2.24, 2.45) is 0 Å². The highest BCUT2D eigenvalue weighted by molar-refractivity contribution is 8.00. The fraction of sp³-hybridized carbons (Fsp3) is 0.400. The van der Waals surface area contributed by atoms with Gasteiger partial charge in [0.1, 0.15) is 11.9 Å². The Hall–Kier alpha value is -3.11. The Morgan fingerprint density at radius 3 is 2.89 bits per heavy atom. The molecule has 1 fully saturated rings. The molecule has 8 nitrogen and oxygen atoms in total. The topological polar surface area (TPSA) is 91.0 Å². The third kappa shape index (κ3) is 4.04. The van der Waals surface area contributed by atoms with E-state index in [4.69, 9.17) is 4.74 Å². The molecular formula is C25H25FN4O4S. The van der Waals surface area contributed by atoms with Crippen LogP contribution in [0.25, 0.3) is 0 Å². The number of benzene rings is 2. The normalized spacial score (nSPS) is 22.7. The zero-order valence-corrected chi connectivity index (χ0v) is 19.8. The number of thioether (sulfide) groups is 1. The molecule has 182 valence electrons. The second kappa shape index (κ2) is 8.83. The molecule has 6 rings (SSSR count). The van der Waals surface area contributed by atoms with Crippen molar-refractivity contribution >= 4 is 46.7 Å². The summed E-state index contributed by atoms with van der Waals surface area (Å²) in [6.45, 7) is 2.06. The van der Waals surface area contributed by atoms with Crippen LogP contribution in [0.5, 0.6) is 0 Å². The van der Waals surface area contributed by atoms with Crippen molar-refractivity contribution in [3.8, 4) is 0 Å². The second-order valence-corrected chi connectivity index (χ2v) is 10.3. The van der Waals surface area contributed by atoms with E-state index in [9.17, 15) is 18.8 Å². The molecule has 4 aliphatic heterocycles. The molecule has 3 amide bonds. The van der Waals surface area contributed by atoms with E-state index in [1.807, 2.05) is 12.1 Å². The minimum Gasteiger partial charge on any atom is -0.444 e. The van der Waals surface area contributed by atoms with Gasteiger partial charge in [-0.25, -0.2) is 9.18 Å². The highest BCUT2D eigenvalue weighted by Crippen LogP contribution is 2.43. The van der Waals surface area contributed by atoms with Gasteiger partial charge in [0.2, 0.25) is 11.8 Å². The van der Waals surface area contributed by atoms with Gasteiger partial charge < -0.3 is 20.3 Å². The Labute approximate surface area is 206 Å². The van der Waals surface area contributed by atoms with Gasteiger partial charge in [-0.2, -0.15) is 0 Å². The highest BCUT2D eigenvalue weighted by Gasteiger charge is 2.39. The maximum absolute atomic E-state index is 14.7. The third-order valence-electron chi connectivity index (χ3n) is 7.05. The van der Waals surface area contributed by atoms with Crippen LogP contribution >= 0.6 is 11.8 Å². The molecular weight excluding hydrogens is 471 g/mol. The molecule has 0 aromatic heterocycles. The number of ether oxygens (including phenoxy) is 1. The number of cyclic esters (lactones) is 1. The average Bonchev–Trinajstić information content (AvgIpc) is 3.42. The summed E-state index contributed by atoms with van der Waals surface area (Å²) in [5.74, 6) is 0.0423. The summed E-state index contributed by atoms with van der Waals surface area (Å²) < 4.78 is 20.2. The summed E-state index contributed by atoms with van der Waals surface area (Å²) in [6.07, 6.45) is 1.07. The Bertz CT molecular complexity index is 1240. The molecule has 10 heteroatoms. The number of hydrogen-bond acceptors (Lipinski definition) is 6. The highest BCUT2D eigenvalue weighted by atomic mass is 32.2. The van der Waals surface area contributed by atoms with Gasteiger partial charge in [-0.05, 0) is 49.2 Å². The largest absolute Gasteiger partial charge is 0.444 e. The van der Waals surface area contributed by atoms with Crippen molar-refractivity contribution < 1.29 is 23.5 Å². The smallest absolute Gasteiger partial charge is 0.414 e. The van der Waals surface area contributed by atoms with Crippen LogP contribution < -0.4 is 20.4 Å². The molecule has 4 aliphatic rings. The molecule has 35 heavy (non-hydrogen) atoms. The van der Waals surface area contributed by atoms with E-state index in [0.29, 0.717) is 68.1 Å². The molecule has 0 radical (unpaired) electrons. The number of halogens is 1. The maximum atomic E-state index is 14.7. The summed E-state index contributed by atoms with van der Waals surface area (Å²) in [5, 5.41) is 6.22. The third-order valence-corrected chi connectivity index (χ3v) is 8.13. The summed E-state index contributed by atoms with van der Waals surface area (Å²) in [4.78, 5) is 40.8. The minimum absolute atomic E-state index is 0.0531. The Morgan fingerprint density at radius 1 is 1.11 bits per heavy atom. The number of nitrogens with one attached hydrogen (secondary N) is 2. The maximum Gasteiger partial charge on any atom is 0.414 e. The minimum atomic E-state index is -0.406. The van der Waals surface area contributed by atoms with E-state index in [-0.39, 0.29) is 29.7 Å². The second-order valence-electron chi connectivity index (χ2n) is 9.30. The first-order chi connectivity index (χ1) is 17.0. The van der Waals surface area contributed by atoms with E-state index in [1.54, 1.807) is 21.9 Å². The summed E-state index contributed by atoms with van der Waals surface area (Å²) in [6, 6.07) is 8.88. The van der Waals surface area contributed by atoms with Crippen molar-refractivity contribution in [2.45, 2.75) is 36.2 Å². The summed E-state index contributed by atoms with van der Waals surface area (Å²) in [5.41, 5.74) is 3.86. The van der Waals surface area contributed by atoms with Crippen LogP contribution in [0.3, 0.4) is 0 Å². The van der Waals surface area contributed by atoms with Crippen LogP contribution in [0.4, 0.5) is 26.2 Å². The van der Waals surface area contributed by atoms with E-state index >= 15 is 0 Å². The Morgan fingerprint density at radius 2 is 2.00 bits per heavy atom. The lowest BCUT2D eigenvalue weighted by Crippen LogP contribution is -2.35. The summed E-state index contributed by atoms with van der Waals surface area (Å²) in [7, 11) is 0. The van der Waals surface area contributed by atoms with Crippen LogP contribution in [0.2, 0.25) is 0 Å². The van der Waals surface area contributed by atoms with E-state index < -0.39 is 6.09 Å². The number of nitrogens with zero attached hydrogens (tertiary/aromatic N) is 2. The van der Waals surface area contributed by atoms with Gasteiger partial charge in [-0.1, -0.05) is 6.07 Å². The zero-order chi connectivity index (χ0) is 24.1. The molecule has 2 atom stereocenters. The first kappa shape index (κ1) is 22.4. The van der Waals surface area contributed by atoms with Gasteiger partial charge in [0.05, 0.1) is 23.7 Å². The lowest BCUT2D eigenvalue weighted by molar-refractivity contribution is -0.118. The Kier molecular flexibility index (Phi) is 5.64. The SMILES string of the molecule is O=C1CSc2ccc(N3C[C@H](CCNC[C@H]4CN5C(=O)CCc6ccc(F)c4c65)OC3=O)cc2N1. The van der Waals surface area contributed by atoms with Crippen molar-refractivity contribution in [3.05, 3.63) is 47.3 Å². The first-order valence-electron chi connectivity index (χ1n) is 11.8. The lowest BCUT2D eigenvalue weighted by Gasteiger charge is -2.25.